The molecule has 19 heavy (non-hydrogen) atoms. The molecule has 106 valence electrons. The molecule has 1 aromatic heterocycles. The molecule has 0 radical (unpaired) electrons. The summed E-state index contributed by atoms with van der Waals surface area (Å²) in [6, 6.07) is 4.36. The normalized spacial score (nSPS) is 18.2. The van der Waals surface area contributed by atoms with Gasteiger partial charge in [-0.15, -0.1) is 11.3 Å². The van der Waals surface area contributed by atoms with Crippen LogP contribution in [-0.4, -0.2) is 26.0 Å². The first-order valence-corrected chi connectivity index (χ1v) is 8.10. The first kappa shape index (κ1) is 14.5. The van der Waals surface area contributed by atoms with Crippen molar-refractivity contribution in [3.63, 3.8) is 0 Å². The van der Waals surface area contributed by atoms with Gasteiger partial charge >= 0.3 is 0 Å². The van der Waals surface area contributed by atoms with Crippen molar-refractivity contribution >= 4 is 17.2 Å². The summed E-state index contributed by atoms with van der Waals surface area (Å²) in [7, 11) is 1.88. The van der Waals surface area contributed by atoms with Crippen molar-refractivity contribution in [3.8, 4) is 0 Å². The minimum atomic E-state index is 0.163. The highest BCUT2D eigenvalue weighted by atomic mass is 32.1. The molecule has 3 nitrogen and oxygen atoms in total. The second kappa shape index (κ2) is 7.06. The summed E-state index contributed by atoms with van der Waals surface area (Å²) in [5, 5.41) is 8.31. The van der Waals surface area contributed by atoms with Crippen LogP contribution in [0.2, 0.25) is 0 Å². The van der Waals surface area contributed by atoms with Gasteiger partial charge in [-0.2, -0.15) is 0 Å². The van der Waals surface area contributed by atoms with Gasteiger partial charge in [0, 0.05) is 29.8 Å². The molecule has 1 heterocycles. The van der Waals surface area contributed by atoms with E-state index in [1.807, 2.05) is 18.4 Å². The highest BCUT2D eigenvalue weighted by molar-refractivity contribution is 7.10. The topological polar surface area (TPSA) is 41.1 Å². The van der Waals surface area contributed by atoms with Gasteiger partial charge in [-0.05, 0) is 31.3 Å². The van der Waals surface area contributed by atoms with Gasteiger partial charge in [0.2, 0.25) is 5.91 Å². The third-order valence-corrected chi connectivity index (χ3v) is 5.20. The number of carbonyl (C=O) groups excluding carboxylic acids is 1. The molecule has 1 fully saturated rings. The monoisotopic (exact) mass is 280 g/mol. The summed E-state index contributed by atoms with van der Waals surface area (Å²) in [6.07, 6.45) is 6.88. The average molecular weight is 280 g/mol. The van der Waals surface area contributed by atoms with Crippen molar-refractivity contribution in [1.82, 2.24) is 10.6 Å². The fourth-order valence-corrected chi connectivity index (χ4v) is 3.90. The lowest BCUT2D eigenvalue weighted by atomic mass is 9.73. The fourth-order valence-electron chi connectivity index (χ4n) is 2.91. The Hall–Kier alpha value is -0.870. The Morgan fingerprint density at radius 2 is 2.16 bits per heavy atom. The van der Waals surface area contributed by atoms with Crippen molar-refractivity contribution in [2.24, 2.45) is 0 Å². The van der Waals surface area contributed by atoms with Crippen LogP contribution in [0, 0.1) is 0 Å². The molecule has 0 spiro atoms. The molecule has 1 aliphatic carbocycles. The van der Waals surface area contributed by atoms with Crippen molar-refractivity contribution < 1.29 is 4.79 Å². The summed E-state index contributed by atoms with van der Waals surface area (Å²) in [4.78, 5) is 13.3. The van der Waals surface area contributed by atoms with Crippen LogP contribution in [0.4, 0.5) is 0 Å². The van der Waals surface area contributed by atoms with E-state index < -0.39 is 0 Å². The molecule has 0 aromatic carbocycles. The lowest BCUT2D eigenvalue weighted by molar-refractivity contribution is -0.121. The molecule has 0 unspecified atom stereocenters. The molecular formula is C15H24N2OS. The maximum atomic E-state index is 11.8. The quantitative estimate of drug-likeness (QED) is 0.841. The molecule has 0 bridgehead atoms. The van der Waals surface area contributed by atoms with Crippen molar-refractivity contribution in [2.45, 2.75) is 43.9 Å². The number of nitrogens with one attached hydrogen (secondary N) is 2. The van der Waals surface area contributed by atoms with Gasteiger partial charge in [0.1, 0.15) is 0 Å². The van der Waals surface area contributed by atoms with E-state index >= 15 is 0 Å². The van der Waals surface area contributed by atoms with Gasteiger partial charge in [-0.1, -0.05) is 25.3 Å². The van der Waals surface area contributed by atoms with Crippen LogP contribution < -0.4 is 10.6 Å². The zero-order valence-electron chi connectivity index (χ0n) is 11.7. The van der Waals surface area contributed by atoms with Crippen LogP contribution in [0.1, 0.15) is 43.4 Å². The van der Waals surface area contributed by atoms with E-state index in [-0.39, 0.29) is 11.3 Å². The minimum Gasteiger partial charge on any atom is -0.355 e. The summed E-state index contributed by atoms with van der Waals surface area (Å²) >= 11 is 1.83. The number of thiophene rings is 1. The van der Waals surface area contributed by atoms with Gasteiger partial charge < -0.3 is 10.6 Å². The third kappa shape index (κ3) is 3.80. The zero-order chi connectivity index (χ0) is 13.6. The second-order valence-corrected chi connectivity index (χ2v) is 6.40. The Bertz CT molecular complexity index is 383. The molecule has 1 amide bonds. The predicted octanol–water partition coefficient (Wildman–Crippen LogP) is 2.68. The van der Waals surface area contributed by atoms with E-state index in [2.05, 4.69) is 28.1 Å². The number of hydrogen-bond donors (Lipinski definition) is 2. The van der Waals surface area contributed by atoms with E-state index in [1.54, 1.807) is 0 Å². The largest absolute Gasteiger partial charge is 0.355 e. The van der Waals surface area contributed by atoms with Gasteiger partial charge in [-0.3, -0.25) is 4.79 Å². The Balaban J connectivity index is 1.97. The van der Waals surface area contributed by atoms with Gasteiger partial charge in [0.25, 0.3) is 0 Å². The third-order valence-electron chi connectivity index (χ3n) is 4.08. The summed E-state index contributed by atoms with van der Waals surface area (Å²) in [5.41, 5.74) is 0.196. The standard InChI is InChI=1S/C15H24N2OS/c1-16-10-7-14(18)17-12-15(8-3-2-4-9-15)13-6-5-11-19-13/h5-6,11,16H,2-4,7-10,12H2,1H3,(H,17,18). The van der Waals surface area contributed by atoms with Gasteiger partial charge in [-0.25, -0.2) is 0 Å². The summed E-state index contributed by atoms with van der Waals surface area (Å²) in [6.45, 7) is 1.55. The van der Waals surface area contributed by atoms with Crippen molar-refractivity contribution in [2.75, 3.05) is 20.1 Å². The summed E-state index contributed by atoms with van der Waals surface area (Å²) < 4.78 is 0. The Labute approximate surface area is 119 Å². The molecule has 0 aliphatic heterocycles. The lowest BCUT2D eigenvalue weighted by Crippen LogP contribution is -2.42. The van der Waals surface area contributed by atoms with E-state index in [0.29, 0.717) is 6.42 Å². The molecule has 2 rings (SSSR count). The predicted molar refractivity (Wildman–Crippen MR) is 80.6 cm³/mol. The molecule has 4 heteroatoms. The Morgan fingerprint density at radius 1 is 1.37 bits per heavy atom. The maximum absolute atomic E-state index is 11.8. The van der Waals surface area contributed by atoms with E-state index in [0.717, 1.165) is 13.1 Å². The highest BCUT2D eigenvalue weighted by Crippen LogP contribution is 2.41. The molecule has 1 aliphatic rings. The molecule has 1 saturated carbocycles. The van der Waals surface area contributed by atoms with E-state index in [4.69, 9.17) is 0 Å². The molecule has 0 atom stereocenters. The molecular weight excluding hydrogens is 256 g/mol. The number of carbonyl (C=O) groups is 1. The molecule has 2 N–H and O–H groups in total. The first-order chi connectivity index (χ1) is 9.27. The van der Waals surface area contributed by atoms with E-state index in [1.165, 1.54) is 37.0 Å². The van der Waals surface area contributed by atoms with Crippen LogP contribution in [-0.2, 0) is 10.2 Å². The van der Waals surface area contributed by atoms with Crippen LogP contribution in [0.5, 0.6) is 0 Å². The van der Waals surface area contributed by atoms with Crippen molar-refractivity contribution in [3.05, 3.63) is 22.4 Å². The highest BCUT2D eigenvalue weighted by Gasteiger charge is 2.34. The van der Waals surface area contributed by atoms with Crippen LogP contribution in [0.3, 0.4) is 0 Å². The number of rotatable bonds is 6. The average Bonchev–Trinajstić information content (AvgIpc) is 2.98. The number of hydrogen-bond acceptors (Lipinski definition) is 3. The fraction of sp³-hybridized carbons (Fsp3) is 0.667. The minimum absolute atomic E-state index is 0.163. The van der Waals surface area contributed by atoms with E-state index in [9.17, 15) is 4.79 Å². The Morgan fingerprint density at radius 3 is 2.79 bits per heavy atom. The van der Waals surface area contributed by atoms with Crippen LogP contribution in [0.15, 0.2) is 17.5 Å². The van der Waals surface area contributed by atoms with Crippen molar-refractivity contribution in [1.29, 1.82) is 0 Å². The smallest absolute Gasteiger partial charge is 0.221 e. The SMILES string of the molecule is CNCCC(=O)NCC1(c2cccs2)CCCCC1. The second-order valence-electron chi connectivity index (χ2n) is 5.45. The zero-order valence-corrected chi connectivity index (χ0v) is 12.5. The first-order valence-electron chi connectivity index (χ1n) is 7.22. The maximum Gasteiger partial charge on any atom is 0.221 e. The van der Waals surface area contributed by atoms with Gasteiger partial charge in [0.15, 0.2) is 0 Å². The molecule has 0 saturated heterocycles. The number of amides is 1. The van der Waals surface area contributed by atoms with Crippen LogP contribution in [0.25, 0.3) is 0 Å². The molecule has 1 aromatic rings. The summed E-state index contributed by atoms with van der Waals surface area (Å²) in [5.74, 6) is 0.163. The Kier molecular flexibility index (Phi) is 5.40. The van der Waals surface area contributed by atoms with Gasteiger partial charge in [0.05, 0.1) is 0 Å². The van der Waals surface area contributed by atoms with Crippen LogP contribution >= 0.6 is 11.3 Å². The lowest BCUT2D eigenvalue weighted by Gasteiger charge is -2.36.